The summed E-state index contributed by atoms with van der Waals surface area (Å²) < 4.78 is 32.6. The number of rotatable bonds is 5. The summed E-state index contributed by atoms with van der Waals surface area (Å²) in [6, 6.07) is 15.6. The minimum atomic E-state index is -3.88. The molecule has 4 rings (SSSR count). The molecule has 0 spiro atoms. The summed E-state index contributed by atoms with van der Waals surface area (Å²) in [7, 11) is -3.88. The predicted molar refractivity (Wildman–Crippen MR) is 101 cm³/mol. The highest BCUT2D eigenvalue weighted by Crippen LogP contribution is 2.18. The maximum Gasteiger partial charge on any atom is 0.349 e. The minimum absolute atomic E-state index is 0.0836. The highest BCUT2D eigenvalue weighted by atomic mass is 32.2. The normalized spacial score (nSPS) is 12.0. The molecule has 0 unspecified atom stereocenters. The molecule has 8 heteroatoms. The van der Waals surface area contributed by atoms with Crippen LogP contribution in [0.1, 0.15) is 5.56 Å². The van der Waals surface area contributed by atoms with Gasteiger partial charge in [-0.05, 0) is 31.2 Å². The summed E-state index contributed by atoms with van der Waals surface area (Å²) in [6.07, 6.45) is 1.56. The fourth-order valence-corrected chi connectivity index (χ4v) is 3.93. The molecule has 0 saturated carbocycles. The van der Waals surface area contributed by atoms with Gasteiger partial charge in [0.15, 0.2) is 0 Å². The monoisotopic (exact) mass is 383 g/mol. The van der Waals surface area contributed by atoms with E-state index < -0.39 is 10.1 Å². The van der Waals surface area contributed by atoms with Crippen molar-refractivity contribution in [2.75, 3.05) is 6.61 Å². The van der Waals surface area contributed by atoms with Gasteiger partial charge >= 0.3 is 5.69 Å². The number of hydrogen-bond acceptors (Lipinski definition) is 5. The third-order valence-electron chi connectivity index (χ3n) is 4.39. The van der Waals surface area contributed by atoms with E-state index >= 15 is 0 Å². The first-order valence-electron chi connectivity index (χ1n) is 8.39. The van der Waals surface area contributed by atoms with Crippen LogP contribution in [0.4, 0.5) is 0 Å². The molecule has 0 aliphatic rings. The summed E-state index contributed by atoms with van der Waals surface area (Å²) in [5, 5.41) is 4.92. The van der Waals surface area contributed by atoms with Gasteiger partial charge in [-0.25, -0.2) is 4.79 Å². The molecule has 0 radical (unpaired) electrons. The molecule has 0 amide bonds. The van der Waals surface area contributed by atoms with Crippen LogP contribution < -0.4 is 5.69 Å². The van der Waals surface area contributed by atoms with Crippen molar-refractivity contribution in [2.45, 2.75) is 18.4 Å². The Balaban J connectivity index is 1.65. The zero-order chi connectivity index (χ0) is 19.0. The zero-order valence-corrected chi connectivity index (χ0v) is 15.4. The molecule has 2 aromatic heterocycles. The van der Waals surface area contributed by atoms with Crippen molar-refractivity contribution >= 4 is 26.5 Å². The smallest absolute Gasteiger partial charge is 0.289 e. The van der Waals surface area contributed by atoms with Crippen LogP contribution in [0.3, 0.4) is 0 Å². The Morgan fingerprint density at radius 1 is 1.00 bits per heavy atom. The van der Waals surface area contributed by atoms with E-state index in [2.05, 4.69) is 5.10 Å². The highest BCUT2D eigenvalue weighted by Gasteiger charge is 2.16. The number of hydrogen-bond donors (Lipinski definition) is 0. The molecule has 7 nitrogen and oxygen atoms in total. The Morgan fingerprint density at radius 2 is 1.74 bits per heavy atom. The van der Waals surface area contributed by atoms with Crippen LogP contribution in [0.15, 0.2) is 70.5 Å². The van der Waals surface area contributed by atoms with Crippen molar-refractivity contribution in [2.24, 2.45) is 0 Å². The van der Waals surface area contributed by atoms with Crippen LogP contribution in [0.2, 0.25) is 0 Å². The average Bonchev–Trinajstić information content (AvgIpc) is 3.15. The molecule has 0 aliphatic carbocycles. The fourth-order valence-electron chi connectivity index (χ4n) is 3.03. The molecular weight excluding hydrogens is 366 g/mol. The number of fused-ring (bicyclic) bond motifs is 3. The van der Waals surface area contributed by atoms with E-state index in [0.717, 1.165) is 10.9 Å². The van der Waals surface area contributed by atoms with Crippen molar-refractivity contribution in [1.82, 2.24) is 14.2 Å². The standard InChI is InChI=1S/C19H17N3O4S/c1-14-6-8-15(9-7-14)27(24,25)26-13-12-21-17-5-3-2-4-16(17)18-10-11-20-22(18)19(21)23/h2-11H,12-13H2,1H3. The average molecular weight is 383 g/mol. The molecule has 0 saturated heterocycles. The topological polar surface area (TPSA) is 82.7 Å². The Hall–Kier alpha value is -2.97. The van der Waals surface area contributed by atoms with Crippen molar-refractivity contribution in [3.8, 4) is 0 Å². The van der Waals surface area contributed by atoms with E-state index in [4.69, 9.17) is 4.18 Å². The van der Waals surface area contributed by atoms with E-state index in [0.29, 0.717) is 11.0 Å². The molecule has 0 atom stereocenters. The van der Waals surface area contributed by atoms with Crippen molar-refractivity contribution in [3.05, 3.63) is 76.8 Å². The van der Waals surface area contributed by atoms with E-state index in [1.165, 1.54) is 21.2 Å². The molecule has 2 heterocycles. The van der Waals surface area contributed by atoms with E-state index in [1.54, 1.807) is 24.4 Å². The largest absolute Gasteiger partial charge is 0.349 e. The van der Waals surface area contributed by atoms with Gasteiger partial charge in [0.25, 0.3) is 10.1 Å². The van der Waals surface area contributed by atoms with Crippen LogP contribution in [-0.4, -0.2) is 29.2 Å². The quantitative estimate of drug-likeness (QED) is 0.494. The van der Waals surface area contributed by atoms with Crippen molar-refractivity contribution in [3.63, 3.8) is 0 Å². The summed E-state index contributed by atoms with van der Waals surface area (Å²) in [5.41, 5.74) is 2.02. The minimum Gasteiger partial charge on any atom is -0.289 e. The van der Waals surface area contributed by atoms with Gasteiger partial charge in [0.1, 0.15) is 0 Å². The predicted octanol–water partition coefficient (Wildman–Crippen LogP) is 2.36. The van der Waals surface area contributed by atoms with Gasteiger partial charge in [-0.1, -0.05) is 35.9 Å². The van der Waals surface area contributed by atoms with Gasteiger partial charge in [0, 0.05) is 5.39 Å². The van der Waals surface area contributed by atoms with Crippen LogP contribution in [0, 0.1) is 6.92 Å². The molecule has 4 aromatic rings. The van der Waals surface area contributed by atoms with Crippen LogP contribution in [0.5, 0.6) is 0 Å². The molecule has 2 aromatic carbocycles. The van der Waals surface area contributed by atoms with Gasteiger partial charge < -0.3 is 0 Å². The number of benzene rings is 2. The maximum absolute atomic E-state index is 12.7. The van der Waals surface area contributed by atoms with Gasteiger partial charge in [-0.15, -0.1) is 0 Å². The second kappa shape index (κ2) is 6.64. The van der Waals surface area contributed by atoms with Crippen molar-refractivity contribution in [1.29, 1.82) is 0 Å². The molecule has 27 heavy (non-hydrogen) atoms. The summed E-state index contributed by atoms with van der Waals surface area (Å²) in [5.74, 6) is 0. The first-order chi connectivity index (χ1) is 13.0. The summed E-state index contributed by atoms with van der Waals surface area (Å²) >= 11 is 0. The SMILES string of the molecule is Cc1ccc(S(=O)(=O)OCCn2c(=O)n3nccc3c3ccccc32)cc1. The second-order valence-electron chi connectivity index (χ2n) is 6.17. The number of aromatic nitrogens is 3. The van der Waals surface area contributed by atoms with E-state index in [-0.39, 0.29) is 23.7 Å². The van der Waals surface area contributed by atoms with Crippen LogP contribution in [0.25, 0.3) is 16.4 Å². The van der Waals surface area contributed by atoms with Crippen molar-refractivity contribution < 1.29 is 12.6 Å². The number of para-hydroxylation sites is 1. The van der Waals surface area contributed by atoms with E-state index in [1.807, 2.05) is 31.2 Å². The summed E-state index contributed by atoms with van der Waals surface area (Å²) in [4.78, 5) is 12.8. The molecule has 138 valence electrons. The second-order valence-corrected chi connectivity index (χ2v) is 7.78. The fraction of sp³-hybridized carbons (Fsp3) is 0.158. The molecular formula is C19H17N3O4S. The first kappa shape index (κ1) is 17.4. The van der Waals surface area contributed by atoms with E-state index in [9.17, 15) is 13.2 Å². The lowest BCUT2D eigenvalue weighted by molar-refractivity contribution is 0.299. The third kappa shape index (κ3) is 3.13. The third-order valence-corrected chi connectivity index (χ3v) is 5.72. The molecule has 0 N–H and O–H groups in total. The number of nitrogens with zero attached hydrogens (tertiary/aromatic N) is 3. The first-order valence-corrected chi connectivity index (χ1v) is 9.79. The Labute approximate surface area is 155 Å². The Morgan fingerprint density at radius 3 is 2.52 bits per heavy atom. The maximum atomic E-state index is 12.7. The lowest BCUT2D eigenvalue weighted by Crippen LogP contribution is -2.29. The molecule has 0 bridgehead atoms. The summed E-state index contributed by atoms with van der Waals surface area (Å²) in [6.45, 7) is 1.80. The van der Waals surface area contributed by atoms with Crippen LogP contribution >= 0.6 is 0 Å². The van der Waals surface area contributed by atoms with Gasteiger partial charge in [-0.3, -0.25) is 8.75 Å². The Bertz CT molecular complexity index is 1290. The Kier molecular flexibility index (Phi) is 4.29. The zero-order valence-electron chi connectivity index (χ0n) is 14.6. The van der Waals surface area contributed by atoms with Gasteiger partial charge in [0.2, 0.25) is 0 Å². The number of aryl methyl sites for hydroxylation is 1. The van der Waals surface area contributed by atoms with Gasteiger partial charge in [0.05, 0.1) is 35.3 Å². The lowest BCUT2D eigenvalue weighted by atomic mass is 10.2. The lowest BCUT2D eigenvalue weighted by Gasteiger charge is -2.12. The van der Waals surface area contributed by atoms with Gasteiger partial charge in [-0.2, -0.15) is 18.0 Å². The molecule has 0 aliphatic heterocycles. The highest BCUT2D eigenvalue weighted by molar-refractivity contribution is 7.86. The van der Waals surface area contributed by atoms with Crippen LogP contribution in [-0.2, 0) is 20.8 Å². The molecule has 0 fully saturated rings.